The normalized spacial score (nSPS) is 14.2. The molecule has 0 fully saturated rings. The van der Waals surface area contributed by atoms with Crippen molar-refractivity contribution in [3.63, 3.8) is 0 Å². The SMILES string of the molecule is CSCC[C@H](NC(=O)[C@H](CC(C)C)NC(=O)CNC(=O)[C@H](Cc1ccccc1)NC(=O)[C@H](Cc1ccccc1)NC(=O)[C@H](CCCCN)NC(=O)[C@H](CCSC)NC(=O)[C@H](Cc1ccccc1)NC(=O)[C@H](CCCCN)NC(=O)[C@H](C)NC(=O)[C@H](CCCN=C(N)N)NC(=O)[C@@H](N)CCCCN)C(N)=O. The third-order valence-electron chi connectivity index (χ3n) is 16.8. The summed E-state index contributed by atoms with van der Waals surface area (Å²) in [6.07, 6.45) is 7.41. The van der Waals surface area contributed by atoms with Crippen LogP contribution in [0.1, 0.15) is 127 Å². The number of carbonyl (C=O) groups is 12. The molecular weight excluding hydrogens is 1390 g/mol. The molecule has 0 saturated heterocycles. The van der Waals surface area contributed by atoms with Gasteiger partial charge in [-0.05, 0) is 157 Å². The van der Waals surface area contributed by atoms with E-state index in [1.54, 1.807) is 97.3 Å². The summed E-state index contributed by atoms with van der Waals surface area (Å²) in [4.78, 5) is 173. The maximum absolute atomic E-state index is 14.9. The Morgan fingerprint density at radius 1 is 0.381 bits per heavy atom. The summed E-state index contributed by atoms with van der Waals surface area (Å²) in [5, 5.41) is 30.0. The molecule has 0 radical (unpaired) electrons. The number of primary amides is 1. The van der Waals surface area contributed by atoms with E-state index in [4.69, 9.17) is 40.1 Å². The number of nitrogens with one attached hydrogen (secondary N) is 11. The van der Waals surface area contributed by atoms with Crippen molar-refractivity contribution in [2.45, 2.75) is 196 Å². The Hall–Kier alpha value is -8.89. The highest BCUT2D eigenvalue weighted by molar-refractivity contribution is 7.98. The zero-order chi connectivity index (χ0) is 77.6. The molecule has 3 aromatic carbocycles. The first kappa shape index (κ1) is 90.3. The first-order valence-electron chi connectivity index (χ1n) is 35.8. The van der Waals surface area contributed by atoms with E-state index in [1.807, 2.05) is 20.1 Å². The van der Waals surface area contributed by atoms with Gasteiger partial charge in [-0.2, -0.15) is 23.5 Å². The van der Waals surface area contributed by atoms with E-state index in [-0.39, 0.29) is 95.7 Å². The Kier molecular flexibility index (Phi) is 44.2. The van der Waals surface area contributed by atoms with Crippen LogP contribution in [0.2, 0.25) is 0 Å². The number of unbranched alkanes of at least 4 members (excludes halogenated alkanes) is 3. The van der Waals surface area contributed by atoms with Crippen molar-refractivity contribution in [3.8, 4) is 0 Å². The molecule has 25 N–H and O–H groups in total. The highest BCUT2D eigenvalue weighted by Gasteiger charge is 2.36. The summed E-state index contributed by atoms with van der Waals surface area (Å²) in [6.45, 7) is 5.51. The van der Waals surface area contributed by atoms with Gasteiger partial charge in [-0.25, -0.2) is 0 Å². The Morgan fingerprint density at radius 3 is 1.13 bits per heavy atom. The molecule has 33 heteroatoms. The van der Waals surface area contributed by atoms with Crippen molar-refractivity contribution in [2.75, 3.05) is 56.7 Å². The van der Waals surface area contributed by atoms with Crippen molar-refractivity contribution in [1.29, 1.82) is 0 Å². The third-order valence-corrected chi connectivity index (χ3v) is 18.1. The molecule has 0 aliphatic heterocycles. The fourth-order valence-corrected chi connectivity index (χ4v) is 11.9. The highest BCUT2D eigenvalue weighted by Crippen LogP contribution is 2.15. The van der Waals surface area contributed by atoms with Gasteiger partial charge in [-0.15, -0.1) is 0 Å². The molecule has 0 aliphatic carbocycles. The number of hydrogen-bond donors (Lipinski definition) is 18. The Labute approximate surface area is 625 Å². The van der Waals surface area contributed by atoms with Crippen LogP contribution in [0.15, 0.2) is 96.0 Å². The number of carbonyl (C=O) groups excluding carboxylic acids is 12. The first-order valence-corrected chi connectivity index (χ1v) is 38.6. The minimum atomic E-state index is -1.38. The zero-order valence-corrected chi connectivity index (χ0v) is 62.9. The molecule has 582 valence electrons. The molecule has 3 rings (SSSR count). The second-order valence-corrected chi connectivity index (χ2v) is 28.1. The standard InChI is InChI=1S/C72H115N19O12S2/c1-45(2)40-56(69(101)84-51(61(77)93)32-38-104-4)83-60(92)44-81-64(96)57(41-47-22-9-6-10-23-47)89-71(103)59(43-49-26-13-8-14-27-49)91-67(99)53(30-17-20-36-75)87-68(100)55(33-39-105-5)88-70(102)58(42-48-24-11-7-12-25-48)90-66(98)52(29-16-19-35-74)85-62(94)46(3)82-65(97)54(31-21-37-80-72(78)79)86-63(95)50(76)28-15-18-34-73/h6-14,22-27,45-46,50-59H,15-21,28-44,73-76H2,1-5H3,(H2,77,93)(H,81,96)(H,82,97)(H,83,92)(H,84,101)(H,85,94)(H,86,95)(H,87,100)(H,88,102)(H,89,103)(H,90,98)(H,91,99)(H4,78,79,80)/t46-,50-,51-,52-,53-,54-,55-,56-,57-,58-,59-/m0/s1. The van der Waals surface area contributed by atoms with E-state index in [2.05, 4.69) is 63.5 Å². The van der Waals surface area contributed by atoms with Crippen LogP contribution in [0, 0.1) is 5.92 Å². The van der Waals surface area contributed by atoms with Crippen LogP contribution < -0.4 is 98.6 Å². The summed E-state index contributed by atoms with van der Waals surface area (Å²) in [7, 11) is 0. The number of guanidine groups is 1. The van der Waals surface area contributed by atoms with Gasteiger partial charge in [-0.1, -0.05) is 111 Å². The fraction of sp³-hybridized carbons (Fsp3) is 0.569. The van der Waals surface area contributed by atoms with Gasteiger partial charge in [0.25, 0.3) is 0 Å². The summed E-state index contributed by atoms with van der Waals surface area (Å²) in [5.41, 5.74) is 42.0. The van der Waals surface area contributed by atoms with Gasteiger partial charge in [-0.3, -0.25) is 62.5 Å². The summed E-state index contributed by atoms with van der Waals surface area (Å²) >= 11 is 2.85. The number of aliphatic imine (C=N–C) groups is 1. The van der Waals surface area contributed by atoms with Gasteiger partial charge in [0.1, 0.15) is 60.4 Å². The van der Waals surface area contributed by atoms with Crippen molar-refractivity contribution < 1.29 is 57.5 Å². The quantitative estimate of drug-likeness (QED) is 0.0174. The molecule has 0 aliphatic rings. The Balaban J connectivity index is 1.96. The lowest BCUT2D eigenvalue weighted by molar-refractivity contribution is -0.136. The minimum absolute atomic E-state index is 0.0247. The predicted molar refractivity (Wildman–Crippen MR) is 410 cm³/mol. The number of amides is 12. The van der Waals surface area contributed by atoms with Crippen molar-refractivity contribution in [3.05, 3.63) is 108 Å². The number of nitrogens with zero attached hydrogens (tertiary/aromatic N) is 1. The van der Waals surface area contributed by atoms with Crippen LogP contribution >= 0.6 is 23.5 Å². The van der Waals surface area contributed by atoms with E-state index in [0.29, 0.717) is 79.7 Å². The molecule has 3 aromatic rings. The van der Waals surface area contributed by atoms with Gasteiger partial charge < -0.3 is 98.6 Å². The van der Waals surface area contributed by atoms with Crippen LogP contribution in [0.5, 0.6) is 0 Å². The molecule has 31 nitrogen and oxygen atoms in total. The molecule has 0 heterocycles. The summed E-state index contributed by atoms with van der Waals surface area (Å²) in [6, 6.07) is 12.8. The molecule has 0 spiro atoms. The first-order chi connectivity index (χ1) is 50.2. The largest absolute Gasteiger partial charge is 0.370 e. The minimum Gasteiger partial charge on any atom is -0.370 e. The smallest absolute Gasteiger partial charge is 0.243 e. The molecule has 0 bridgehead atoms. The van der Waals surface area contributed by atoms with Gasteiger partial charge in [0.2, 0.25) is 70.9 Å². The predicted octanol–water partition coefficient (Wildman–Crippen LogP) is -1.50. The van der Waals surface area contributed by atoms with Crippen LogP contribution in [-0.2, 0) is 76.8 Å². The van der Waals surface area contributed by atoms with Crippen LogP contribution in [0.3, 0.4) is 0 Å². The van der Waals surface area contributed by atoms with E-state index >= 15 is 0 Å². The molecule has 105 heavy (non-hydrogen) atoms. The molecule has 12 amide bonds. The van der Waals surface area contributed by atoms with Gasteiger partial charge in [0.15, 0.2) is 5.96 Å². The second-order valence-electron chi connectivity index (χ2n) is 26.1. The van der Waals surface area contributed by atoms with E-state index in [9.17, 15) is 57.5 Å². The van der Waals surface area contributed by atoms with Crippen LogP contribution in [-0.4, -0.2) is 200 Å². The molecule has 0 aromatic heterocycles. The highest BCUT2D eigenvalue weighted by atomic mass is 32.2. The van der Waals surface area contributed by atoms with Crippen LogP contribution in [0.4, 0.5) is 0 Å². The van der Waals surface area contributed by atoms with E-state index < -0.39 is 144 Å². The van der Waals surface area contributed by atoms with Gasteiger partial charge in [0.05, 0.1) is 12.6 Å². The van der Waals surface area contributed by atoms with E-state index in [1.165, 1.54) is 30.4 Å². The lowest BCUT2D eigenvalue weighted by Crippen LogP contribution is -2.61. The number of benzene rings is 3. The summed E-state index contributed by atoms with van der Waals surface area (Å²) < 4.78 is 0. The van der Waals surface area contributed by atoms with Gasteiger partial charge >= 0.3 is 0 Å². The Morgan fingerprint density at radius 2 is 0.724 bits per heavy atom. The number of nitrogens with two attached hydrogens (primary N) is 7. The molecule has 0 unspecified atom stereocenters. The lowest BCUT2D eigenvalue weighted by atomic mass is 10.0. The maximum Gasteiger partial charge on any atom is 0.243 e. The topological polar surface area (TPSA) is 532 Å². The maximum atomic E-state index is 14.9. The third kappa shape index (κ3) is 36.6. The lowest BCUT2D eigenvalue weighted by Gasteiger charge is -2.28. The molecule has 11 atom stereocenters. The molecular formula is C72H115N19O12S2. The van der Waals surface area contributed by atoms with E-state index in [0.717, 1.165) is 0 Å². The van der Waals surface area contributed by atoms with Crippen molar-refractivity contribution in [1.82, 2.24) is 58.5 Å². The Bertz CT molecular complexity index is 3220. The van der Waals surface area contributed by atoms with Gasteiger partial charge in [0, 0.05) is 25.8 Å². The summed E-state index contributed by atoms with van der Waals surface area (Å²) in [5.74, 6) is -8.26. The zero-order valence-electron chi connectivity index (χ0n) is 61.3. The number of hydrogen-bond acceptors (Lipinski definition) is 19. The monoisotopic (exact) mass is 1500 g/mol. The molecule has 0 saturated carbocycles. The second kappa shape index (κ2) is 51.3. The fourth-order valence-electron chi connectivity index (χ4n) is 11.0. The number of thioether (sulfide) groups is 2. The average Bonchev–Trinajstić information content (AvgIpc) is 0.849. The van der Waals surface area contributed by atoms with Crippen molar-refractivity contribution in [2.24, 2.45) is 51.0 Å². The average molecular weight is 1500 g/mol. The van der Waals surface area contributed by atoms with Crippen molar-refractivity contribution >= 4 is 100 Å². The van der Waals surface area contributed by atoms with Crippen LogP contribution in [0.25, 0.3) is 0 Å². The number of rotatable bonds is 53.